The Morgan fingerprint density at radius 2 is 1.64 bits per heavy atom. The average Bonchev–Trinajstić information content (AvgIpc) is 2.42. The Balaban J connectivity index is 2.21. The lowest BCUT2D eigenvalue weighted by Crippen LogP contribution is -2.22. The molecule has 0 unspecified atom stereocenters. The quantitative estimate of drug-likeness (QED) is 0.568. The van der Waals surface area contributed by atoms with Gasteiger partial charge in [-0.15, -0.1) is 0 Å². The number of rotatable bonds is 2. The molecule has 0 aromatic heterocycles. The zero-order valence-electron chi connectivity index (χ0n) is 10.8. The molecule has 0 fully saturated rings. The minimum absolute atomic E-state index is 0.0501. The van der Waals surface area contributed by atoms with E-state index in [1.165, 1.54) is 24.3 Å². The summed E-state index contributed by atoms with van der Waals surface area (Å²) in [6, 6.07) is 8.90. The molecule has 0 bridgehead atoms. The molecule has 116 valence electrons. The SMILES string of the molecule is Fc1ccccc1NC(=S)Nc1ccc(Cl)cc1C(F)(F)F. The minimum atomic E-state index is -4.60. The van der Waals surface area contributed by atoms with Crippen LogP contribution in [0.25, 0.3) is 0 Å². The molecule has 0 aliphatic carbocycles. The number of hydrogen-bond donors (Lipinski definition) is 2. The Kier molecular flexibility index (Phi) is 4.87. The van der Waals surface area contributed by atoms with Crippen molar-refractivity contribution in [3.8, 4) is 0 Å². The molecule has 0 atom stereocenters. The third-order valence-corrected chi connectivity index (χ3v) is 3.10. The van der Waals surface area contributed by atoms with Crippen LogP contribution in [0.2, 0.25) is 5.02 Å². The second kappa shape index (κ2) is 6.50. The first-order valence-electron chi connectivity index (χ1n) is 5.96. The number of hydrogen-bond acceptors (Lipinski definition) is 1. The monoisotopic (exact) mass is 348 g/mol. The van der Waals surface area contributed by atoms with E-state index >= 15 is 0 Å². The van der Waals surface area contributed by atoms with Gasteiger partial charge in [-0.1, -0.05) is 23.7 Å². The molecular formula is C14H9ClF4N2S. The van der Waals surface area contributed by atoms with Crippen molar-refractivity contribution in [3.63, 3.8) is 0 Å². The van der Waals surface area contributed by atoms with E-state index in [0.717, 1.165) is 12.1 Å². The van der Waals surface area contributed by atoms with Crippen molar-refractivity contribution in [3.05, 3.63) is 58.9 Å². The molecule has 22 heavy (non-hydrogen) atoms. The van der Waals surface area contributed by atoms with Crippen LogP contribution in [0.4, 0.5) is 28.9 Å². The fourth-order valence-electron chi connectivity index (χ4n) is 1.70. The molecular weight excluding hydrogens is 340 g/mol. The highest BCUT2D eigenvalue weighted by molar-refractivity contribution is 7.80. The molecule has 2 aromatic rings. The topological polar surface area (TPSA) is 24.1 Å². The van der Waals surface area contributed by atoms with Crippen molar-refractivity contribution in [2.75, 3.05) is 10.6 Å². The van der Waals surface area contributed by atoms with E-state index in [2.05, 4.69) is 10.6 Å². The summed E-state index contributed by atoms with van der Waals surface area (Å²) in [7, 11) is 0. The Bertz CT molecular complexity index is 703. The van der Waals surface area contributed by atoms with Gasteiger partial charge in [0.2, 0.25) is 0 Å². The maximum Gasteiger partial charge on any atom is 0.418 e. The van der Waals surface area contributed by atoms with E-state index in [-0.39, 0.29) is 21.5 Å². The van der Waals surface area contributed by atoms with Gasteiger partial charge in [0, 0.05) is 5.02 Å². The highest BCUT2D eigenvalue weighted by Crippen LogP contribution is 2.36. The van der Waals surface area contributed by atoms with Gasteiger partial charge in [0.25, 0.3) is 0 Å². The predicted octanol–water partition coefficient (Wildman–Crippen LogP) is 5.31. The highest BCUT2D eigenvalue weighted by atomic mass is 35.5. The maximum absolute atomic E-state index is 13.5. The van der Waals surface area contributed by atoms with Crippen LogP contribution in [0.3, 0.4) is 0 Å². The summed E-state index contributed by atoms with van der Waals surface area (Å²) in [4.78, 5) is 0. The van der Waals surface area contributed by atoms with Gasteiger partial charge in [0.15, 0.2) is 5.11 Å². The molecule has 0 amide bonds. The highest BCUT2D eigenvalue weighted by Gasteiger charge is 2.34. The summed E-state index contributed by atoms with van der Waals surface area (Å²) in [5, 5.41) is 4.67. The number of alkyl halides is 3. The Hall–Kier alpha value is -1.86. The summed E-state index contributed by atoms with van der Waals surface area (Å²) in [5.41, 5.74) is -1.18. The summed E-state index contributed by atoms with van der Waals surface area (Å²) in [6.07, 6.45) is -4.60. The summed E-state index contributed by atoms with van der Waals surface area (Å²) >= 11 is 10.5. The fourth-order valence-corrected chi connectivity index (χ4v) is 2.09. The lowest BCUT2D eigenvalue weighted by Gasteiger charge is -2.16. The van der Waals surface area contributed by atoms with Crippen molar-refractivity contribution in [2.24, 2.45) is 0 Å². The summed E-state index contributed by atoms with van der Waals surface area (Å²) in [5.74, 6) is -0.571. The smallest absolute Gasteiger partial charge is 0.332 e. The lowest BCUT2D eigenvalue weighted by molar-refractivity contribution is -0.136. The number of nitrogens with one attached hydrogen (secondary N) is 2. The van der Waals surface area contributed by atoms with Crippen molar-refractivity contribution in [1.29, 1.82) is 0 Å². The van der Waals surface area contributed by atoms with E-state index in [1.807, 2.05) is 0 Å². The van der Waals surface area contributed by atoms with Crippen LogP contribution in [0.5, 0.6) is 0 Å². The molecule has 0 saturated carbocycles. The first-order chi connectivity index (χ1) is 10.3. The van der Waals surface area contributed by atoms with Crippen LogP contribution in [0.15, 0.2) is 42.5 Å². The fraction of sp³-hybridized carbons (Fsp3) is 0.0714. The molecule has 8 heteroatoms. The van der Waals surface area contributed by atoms with Gasteiger partial charge >= 0.3 is 6.18 Å². The predicted molar refractivity (Wildman–Crippen MR) is 82.7 cm³/mol. The normalized spacial score (nSPS) is 11.1. The van der Waals surface area contributed by atoms with Crippen molar-refractivity contribution < 1.29 is 17.6 Å². The molecule has 2 aromatic carbocycles. The molecule has 0 radical (unpaired) electrons. The Morgan fingerprint density at radius 3 is 2.27 bits per heavy atom. The van der Waals surface area contributed by atoms with Crippen LogP contribution in [0, 0.1) is 5.82 Å². The van der Waals surface area contributed by atoms with Gasteiger partial charge in [-0.3, -0.25) is 0 Å². The zero-order chi connectivity index (χ0) is 16.3. The minimum Gasteiger partial charge on any atom is -0.332 e. The van der Waals surface area contributed by atoms with E-state index in [1.54, 1.807) is 6.07 Å². The van der Waals surface area contributed by atoms with Gasteiger partial charge < -0.3 is 10.6 Å². The molecule has 0 saturated heterocycles. The first-order valence-corrected chi connectivity index (χ1v) is 6.75. The van der Waals surface area contributed by atoms with Gasteiger partial charge in [0.1, 0.15) is 5.82 Å². The van der Waals surface area contributed by atoms with Crippen molar-refractivity contribution >= 4 is 40.3 Å². The Labute approximate surface area is 134 Å². The average molecular weight is 349 g/mol. The van der Waals surface area contributed by atoms with E-state index in [0.29, 0.717) is 0 Å². The maximum atomic E-state index is 13.5. The van der Waals surface area contributed by atoms with Crippen molar-refractivity contribution in [2.45, 2.75) is 6.18 Å². The molecule has 0 aliphatic heterocycles. The largest absolute Gasteiger partial charge is 0.418 e. The molecule has 2 N–H and O–H groups in total. The summed E-state index contributed by atoms with van der Waals surface area (Å²) < 4.78 is 52.3. The van der Waals surface area contributed by atoms with Gasteiger partial charge in [-0.05, 0) is 42.5 Å². The Morgan fingerprint density at radius 1 is 1.00 bits per heavy atom. The molecule has 0 aliphatic rings. The van der Waals surface area contributed by atoms with E-state index in [9.17, 15) is 17.6 Å². The van der Waals surface area contributed by atoms with Crippen molar-refractivity contribution in [1.82, 2.24) is 0 Å². The number of thiocarbonyl (C=S) groups is 1. The van der Waals surface area contributed by atoms with Crippen LogP contribution in [-0.2, 0) is 6.18 Å². The number of anilines is 2. The standard InChI is InChI=1S/C14H9ClF4N2S/c15-8-5-6-11(9(7-8)14(17,18)19)20-13(22)21-12-4-2-1-3-10(12)16/h1-7H,(H2,20,21,22). The molecule has 2 nitrogen and oxygen atoms in total. The summed E-state index contributed by atoms with van der Waals surface area (Å²) in [6.45, 7) is 0. The number of halogens is 5. The van der Waals surface area contributed by atoms with Crippen LogP contribution in [-0.4, -0.2) is 5.11 Å². The second-order valence-corrected chi connectivity index (χ2v) is 5.09. The lowest BCUT2D eigenvalue weighted by atomic mass is 10.1. The first kappa shape index (κ1) is 16.5. The van der Waals surface area contributed by atoms with E-state index in [4.69, 9.17) is 23.8 Å². The van der Waals surface area contributed by atoms with Gasteiger partial charge in [0.05, 0.1) is 16.9 Å². The van der Waals surface area contributed by atoms with Crippen LogP contribution < -0.4 is 10.6 Å². The third kappa shape index (κ3) is 4.08. The van der Waals surface area contributed by atoms with E-state index < -0.39 is 17.6 Å². The van der Waals surface area contributed by atoms with Crippen LogP contribution >= 0.6 is 23.8 Å². The number of para-hydroxylation sites is 1. The molecule has 2 rings (SSSR count). The number of benzene rings is 2. The molecule has 0 heterocycles. The van der Waals surface area contributed by atoms with Gasteiger partial charge in [-0.25, -0.2) is 4.39 Å². The second-order valence-electron chi connectivity index (χ2n) is 4.25. The molecule has 0 spiro atoms. The third-order valence-electron chi connectivity index (χ3n) is 2.66. The van der Waals surface area contributed by atoms with Crippen LogP contribution in [0.1, 0.15) is 5.56 Å². The van der Waals surface area contributed by atoms with Gasteiger partial charge in [-0.2, -0.15) is 13.2 Å². The zero-order valence-corrected chi connectivity index (χ0v) is 12.4.